The summed E-state index contributed by atoms with van der Waals surface area (Å²) in [4.78, 5) is 16.1. The molecule has 2 aromatic heterocycles. The van der Waals surface area contributed by atoms with E-state index in [0.717, 1.165) is 10.9 Å². The van der Waals surface area contributed by atoms with Gasteiger partial charge in [-0.15, -0.1) is 0 Å². The predicted octanol–water partition coefficient (Wildman–Crippen LogP) is 5.67. The van der Waals surface area contributed by atoms with Crippen LogP contribution in [-0.4, -0.2) is 15.4 Å². The van der Waals surface area contributed by atoms with E-state index in [4.69, 9.17) is 16.0 Å². The Bertz CT molecular complexity index is 1220. The number of furan rings is 1. The Balaban J connectivity index is 0.00000102. The number of halogens is 1. The Morgan fingerprint density at radius 2 is 1.85 bits per heavy atom. The van der Waals surface area contributed by atoms with Crippen LogP contribution < -0.4 is 5.56 Å². The van der Waals surface area contributed by atoms with Crippen LogP contribution in [0.2, 0.25) is 5.02 Å². The minimum absolute atomic E-state index is 0.187. The van der Waals surface area contributed by atoms with E-state index in [1.54, 1.807) is 37.4 Å². The van der Waals surface area contributed by atoms with Gasteiger partial charge in [-0.05, 0) is 42.8 Å². The Morgan fingerprint density at radius 3 is 2.56 bits per heavy atom. The highest BCUT2D eigenvalue weighted by Gasteiger charge is 2.18. The lowest BCUT2D eigenvalue weighted by atomic mass is 10.0. The molecular weight excluding hydrogens is 382 g/mol. The van der Waals surface area contributed by atoms with E-state index in [0.29, 0.717) is 37.7 Å². The second kappa shape index (κ2) is 7.71. The van der Waals surface area contributed by atoms with Crippen molar-refractivity contribution in [2.45, 2.75) is 25.7 Å². The average molecular weight is 402 g/mol. The van der Waals surface area contributed by atoms with Crippen LogP contribution in [0.25, 0.3) is 33.2 Å². The molecule has 0 amide bonds. The molecule has 0 bridgehead atoms. The van der Waals surface area contributed by atoms with Crippen molar-refractivity contribution in [3.63, 3.8) is 0 Å². The highest BCUT2D eigenvalue weighted by Crippen LogP contribution is 2.36. The third kappa shape index (κ3) is 3.45. The van der Waals surface area contributed by atoms with Gasteiger partial charge in [0, 0.05) is 43.5 Å². The van der Waals surface area contributed by atoms with E-state index in [-0.39, 0.29) is 5.56 Å². The first-order valence-corrected chi connectivity index (χ1v) is 10.6. The number of aromatic amines is 1. The fourth-order valence-corrected chi connectivity index (χ4v) is 3.77. The van der Waals surface area contributed by atoms with Crippen LogP contribution in [0.15, 0.2) is 56.6 Å². The van der Waals surface area contributed by atoms with Crippen molar-refractivity contribution >= 4 is 44.5 Å². The molecule has 2 aromatic carbocycles. The van der Waals surface area contributed by atoms with E-state index in [1.807, 2.05) is 32.0 Å². The van der Waals surface area contributed by atoms with Gasteiger partial charge in [0.05, 0.1) is 5.52 Å². The fraction of sp³-hybridized carbons (Fsp3) is 0.190. The normalized spacial score (nSPS) is 12.0. The van der Waals surface area contributed by atoms with Gasteiger partial charge < -0.3 is 9.40 Å². The molecule has 0 aliphatic rings. The molecular formula is C21H20ClNO3S. The molecule has 0 saturated heterocycles. The van der Waals surface area contributed by atoms with Crippen LogP contribution in [0.4, 0.5) is 0 Å². The van der Waals surface area contributed by atoms with Crippen molar-refractivity contribution in [3.8, 4) is 11.1 Å². The first kappa shape index (κ1) is 19.4. The van der Waals surface area contributed by atoms with Crippen molar-refractivity contribution in [3.05, 3.63) is 63.4 Å². The highest BCUT2D eigenvalue weighted by atomic mass is 35.5. The van der Waals surface area contributed by atoms with Crippen LogP contribution in [0.3, 0.4) is 0 Å². The number of aromatic nitrogens is 1. The summed E-state index contributed by atoms with van der Waals surface area (Å²) >= 11 is 6.09. The van der Waals surface area contributed by atoms with Crippen molar-refractivity contribution in [1.29, 1.82) is 0 Å². The molecule has 1 atom stereocenters. The second-order valence-electron chi connectivity index (χ2n) is 5.88. The molecule has 27 heavy (non-hydrogen) atoms. The molecule has 4 nitrogen and oxygen atoms in total. The molecule has 0 aliphatic heterocycles. The maximum Gasteiger partial charge on any atom is 0.252 e. The van der Waals surface area contributed by atoms with Crippen LogP contribution in [0.1, 0.15) is 19.4 Å². The molecule has 2 heterocycles. The van der Waals surface area contributed by atoms with Crippen molar-refractivity contribution in [1.82, 2.24) is 4.98 Å². The monoisotopic (exact) mass is 401 g/mol. The smallest absolute Gasteiger partial charge is 0.252 e. The van der Waals surface area contributed by atoms with E-state index in [9.17, 15) is 9.00 Å². The third-order valence-electron chi connectivity index (χ3n) is 4.29. The Hall–Kier alpha value is -2.37. The van der Waals surface area contributed by atoms with Gasteiger partial charge in [0.2, 0.25) is 0 Å². The molecule has 0 spiro atoms. The standard InChI is InChI=1S/C19H14ClNO3S.C2H6/c1-10-16(11-4-3-5-13(8-11)25(2)23)18-17(21-19(10)22)14-9-12(20)6-7-15(14)24-18;1-2/h3-9H,1-2H3,(H,21,22);1-2H3. The Kier molecular flexibility index (Phi) is 5.53. The minimum atomic E-state index is -1.11. The van der Waals surface area contributed by atoms with Crippen LogP contribution in [0, 0.1) is 6.92 Å². The van der Waals surface area contributed by atoms with Gasteiger partial charge in [-0.2, -0.15) is 0 Å². The van der Waals surface area contributed by atoms with Gasteiger partial charge in [-0.1, -0.05) is 37.6 Å². The molecule has 1 unspecified atom stereocenters. The number of H-pyrrole nitrogens is 1. The van der Waals surface area contributed by atoms with Gasteiger partial charge >= 0.3 is 0 Å². The summed E-state index contributed by atoms with van der Waals surface area (Å²) in [6.45, 7) is 5.75. The summed E-state index contributed by atoms with van der Waals surface area (Å²) in [6, 6.07) is 12.7. The van der Waals surface area contributed by atoms with Gasteiger partial charge in [0.15, 0.2) is 5.58 Å². The van der Waals surface area contributed by atoms with Crippen molar-refractivity contribution in [2.24, 2.45) is 0 Å². The zero-order valence-corrected chi connectivity index (χ0v) is 17.1. The fourth-order valence-electron chi connectivity index (χ4n) is 3.04. The maximum absolute atomic E-state index is 12.5. The molecule has 4 aromatic rings. The van der Waals surface area contributed by atoms with E-state index in [2.05, 4.69) is 4.98 Å². The number of hydrogen-bond donors (Lipinski definition) is 1. The first-order chi connectivity index (χ1) is 13.0. The molecule has 6 heteroatoms. The zero-order chi connectivity index (χ0) is 19.7. The van der Waals surface area contributed by atoms with E-state index >= 15 is 0 Å². The number of nitrogens with one attached hydrogen (secondary N) is 1. The van der Waals surface area contributed by atoms with Crippen molar-refractivity contribution in [2.75, 3.05) is 6.26 Å². The Labute approximate surface area is 164 Å². The average Bonchev–Trinajstić information content (AvgIpc) is 3.01. The first-order valence-electron chi connectivity index (χ1n) is 8.64. The van der Waals surface area contributed by atoms with Crippen LogP contribution in [-0.2, 0) is 10.8 Å². The van der Waals surface area contributed by atoms with E-state index in [1.165, 1.54) is 0 Å². The lowest BCUT2D eigenvalue weighted by Gasteiger charge is -2.08. The quantitative estimate of drug-likeness (QED) is 0.470. The third-order valence-corrected chi connectivity index (χ3v) is 5.44. The maximum atomic E-state index is 12.5. The topological polar surface area (TPSA) is 63.1 Å². The molecule has 0 saturated carbocycles. The number of pyridine rings is 1. The summed E-state index contributed by atoms with van der Waals surface area (Å²) in [5.41, 5.74) is 3.73. The summed E-state index contributed by atoms with van der Waals surface area (Å²) < 4.78 is 17.9. The molecule has 4 rings (SSSR count). The highest BCUT2D eigenvalue weighted by molar-refractivity contribution is 7.84. The van der Waals surface area contributed by atoms with Crippen LogP contribution in [0.5, 0.6) is 0 Å². The van der Waals surface area contributed by atoms with Crippen molar-refractivity contribution < 1.29 is 8.63 Å². The lowest BCUT2D eigenvalue weighted by Crippen LogP contribution is -2.10. The summed E-state index contributed by atoms with van der Waals surface area (Å²) in [7, 11) is -1.11. The summed E-state index contributed by atoms with van der Waals surface area (Å²) in [5.74, 6) is 0. The molecule has 1 N–H and O–H groups in total. The van der Waals surface area contributed by atoms with Gasteiger partial charge in [0.1, 0.15) is 5.58 Å². The van der Waals surface area contributed by atoms with Gasteiger partial charge in [0.25, 0.3) is 5.56 Å². The molecule has 0 radical (unpaired) electrons. The number of rotatable bonds is 2. The van der Waals surface area contributed by atoms with Gasteiger partial charge in [-0.3, -0.25) is 9.00 Å². The van der Waals surface area contributed by atoms with Crippen LogP contribution >= 0.6 is 11.6 Å². The molecule has 0 fully saturated rings. The molecule has 0 aliphatic carbocycles. The minimum Gasteiger partial charge on any atom is -0.454 e. The number of fused-ring (bicyclic) bond motifs is 3. The Morgan fingerprint density at radius 1 is 1.11 bits per heavy atom. The largest absolute Gasteiger partial charge is 0.454 e. The second-order valence-corrected chi connectivity index (χ2v) is 7.70. The predicted molar refractivity (Wildman–Crippen MR) is 113 cm³/mol. The summed E-state index contributed by atoms with van der Waals surface area (Å²) in [5, 5.41) is 1.33. The van der Waals surface area contributed by atoms with Gasteiger partial charge in [-0.25, -0.2) is 0 Å². The number of benzene rings is 2. The van der Waals surface area contributed by atoms with E-state index < -0.39 is 10.8 Å². The number of hydrogen-bond acceptors (Lipinski definition) is 3. The summed E-state index contributed by atoms with van der Waals surface area (Å²) in [6.07, 6.45) is 1.63. The zero-order valence-electron chi connectivity index (χ0n) is 15.6. The molecule has 140 valence electrons. The SMILES string of the molecule is CC.Cc1c(-c2cccc(S(C)=O)c2)c2oc3ccc(Cl)cc3c2[nH]c1=O. The lowest BCUT2D eigenvalue weighted by molar-refractivity contribution is 0.668.